The number of carbonyl (C=O) groups excluding carboxylic acids is 2. The number of hydrogen-bond donors (Lipinski definition) is 1. The average Bonchev–Trinajstić information content (AvgIpc) is 2.61. The molecule has 0 radical (unpaired) electrons. The van der Waals surface area contributed by atoms with Gasteiger partial charge in [0.1, 0.15) is 6.10 Å². The van der Waals surface area contributed by atoms with Crippen molar-refractivity contribution in [1.82, 2.24) is 0 Å². The van der Waals surface area contributed by atoms with E-state index in [1.54, 1.807) is 6.07 Å². The van der Waals surface area contributed by atoms with E-state index in [9.17, 15) is 18.4 Å². The van der Waals surface area contributed by atoms with Crippen molar-refractivity contribution in [1.29, 1.82) is 0 Å². The van der Waals surface area contributed by atoms with E-state index in [0.29, 0.717) is 10.6 Å². The zero-order valence-electron chi connectivity index (χ0n) is 13.1. The Hall–Kier alpha value is -2.31. The van der Waals surface area contributed by atoms with Gasteiger partial charge in [0, 0.05) is 10.6 Å². The van der Waals surface area contributed by atoms with Crippen LogP contribution in [0.2, 0.25) is 5.02 Å². The second kappa shape index (κ2) is 8.18. The Morgan fingerprint density at radius 1 is 1.08 bits per heavy atom. The molecule has 0 spiro atoms. The highest BCUT2D eigenvalue weighted by atomic mass is 35.5. The van der Waals surface area contributed by atoms with Crippen molar-refractivity contribution in [3.05, 3.63) is 70.7 Å². The first-order valence-electron chi connectivity index (χ1n) is 7.46. The molecular formula is C18H16ClF2NO3. The number of alkyl halides is 2. The van der Waals surface area contributed by atoms with Crippen molar-refractivity contribution in [3.8, 4) is 0 Å². The van der Waals surface area contributed by atoms with Gasteiger partial charge in [-0.25, -0.2) is 0 Å². The third-order valence-electron chi connectivity index (χ3n) is 3.49. The SMILES string of the molecule is NCC(=O)OC(CC(F)(F)C(=O)c1ccccc1)c1ccc(Cl)cc1. The maximum atomic E-state index is 14.5. The van der Waals surface area contributed by atoms with Crippen LogP contribution in [0.1, 0.15) is 28.4 Å². The minimum absolute atomic E-state index is 0.118. The lowest BCUT2D eigenvalue weighted by Gasteiger charge is -2.23. The van der Waals surface area contributed by atoms with Gasteiger partial charge in [-0.2, -0.15) is 8.78 Å². The number of carbonyl (C=O) groups is 2. The van der Waals surface area contributed by atoms with Crippen LogP contribution in [0.3, 0.4) is 0 Å². The molecule has 0 saturated heterocycles. The summed E-state index contributed by atoms with van der Waals surface area (Å²) in [5.74, 6) is -5.90. The van der Waals surface area contributed by atoms with Crippen LogP contribution in [0.25, 0.3) is 0 Å². The lowest BCUT2D eigenvalue weighted by atomic mass is 9.97. The number of Topliss-reactive ketones (excluding diaryl/α,β-unsaturated/α-hetero) is 1. The Morgan fingerprint density at radius 2 is 1.68 bits per heavy atom. The first kappa shape index (κ1) is 19.0. The van der Waals surface area contributed by atoms with Gasteiger partial charge in [0.25, 0.3) is 0 Å². The normalized spacial score (nSPS) is 12.5. The third-order valence-corrected chi connectivity index (χ3v) is 3.74. The van der Waals surface area contributed by atoms with Crippen molar-refractivity contribution in [2.75, 3.05) is 6.54 Å². The number of esters is 1. The molecule has 0 amide bonds. The van der Waals surface area contributed by atoms with E-state index in [0.717, 1.165) is 0 Å². The van der Waals surface area contributed by atoms with Crippen molar-refractivity contribution in [2.45, 2.75) is 18.4 Å². The molecule has 25 heavy (non-hydrogen) atoms. The summed E-state index contributed by atoms with van der Waals surface area (Å²) in [5.41, 5.74) is 5.37. The quantitative estimate of drug-likeness (QED) is 0.597. The molecular weight excluding hydrogens is 352 g/mol. The van der Waals surface area contributed by atoms with Gasteiger partial charge in [-0.15, -0.1) is 0 Å². The minimum Gasteiger partial charge on any atom is -0.456 e. The summed E-state index contributed by atoms with van der Waals surface area (Å²) in [6.45, 7) is -0.456. The van der Waals surface area contributed by atoms with Gasteiger partial charge >= 0.3 is 11.9 Å². The number of ether oxygens (including phenoxy) is 1. The maximum Gasteiger partial charge on any atom is 0.320 e. The van der Waals surface area contributed by atoms with E-state index in [1.165, 1.54) is 48.5 Å². The number of ketones is 1. The molecule has 0 aliphatic carbocycles. The highest BCUT2D eigenvalue weighted by Gasteiger charge is 2.43. The first-order valence-corrected chi connectivity index (χ1v) is 7.84. The minimum atomic E-state index is -3.72. The molecule has 132 valence electrons. The van der Waals surface area contributed by atoms with Gasteiger partial charge in [0.05, 0.1) is 13.0 Å². The van der Waals surface area contributed by atoms with Gasteiger partial charge in [-0.3, -0.25) is 9.59 Å². The first-order chi connectivity index (χ1) is 11.8. The van der Waals surface area contributed by atoms with Crippen molar-refractivity contribution in [3.63, 3.8) is 0 Å². The van der Waals surface area contributed by atoms with Gasteiger partial charge in [0.15, 0.2) is 0 Å². The molecule has 0 saturated carbocycles. The number of nitrogens with two attached hydrogens (primary N) is 1. The Kier molecular flexibility index (Phi) is 6.22. The van der Waals surface area contributed by atoms with Crippen LogP contribution in [0.4, 0.5) is 8.78 Å². The fourth-order valence-electron chi connectivity index (χ4n) is 2.24. The molecule has 0 aromatic heterocycles. The topological polar surface area (TPSA) is 69.4 Å². The number of rotatable bonds is 7. The monoisotopic (exact) mass is 367 g/mol. The van der Waals surface area contributed by atoms with E-state index in [4.69, 9.17) is 22.1 Å². The van der Waals surface area contributed by atoms with Gasteiger partial charge in [0.2, 0.25) is 5.78 Å². The van der Waals surface area contributed by atoms with Crippen LogP contribution in [0, 0.1) is 0 Å². The Balaban J connectivity index is 2.26. The molecule has 0 fully saturated rings. The van der Waals surface area contributed by atoms with E-state index in [1.807, 2.05) is 0 Å². The summed E-state index contributed by atoms with van der Waals surface area (Å²) in [6, 6.07) is 13.1. The van der Waals surface area contributed by atoms with Crippen LogP contribution >= 0.6 is 11.6 Å². The van der Waals surface area contributed by atoms with Crippen LogP contribution in [0.15, 0.2) is 54.6 Å². The second-order valence-corrected chi connectivity index (χ2v) is 5.77. The molecule has 2 aromatic carbocycles. The molecule has 2 aromatic rings. The highest BCUT2D eigenvalue weighted by molar-refractivity contribution is 6.30. The summed E-state index contributed by atoms with van der Waals surface area (Å²) in [7, 11) is 0. The summed E-state index contributed by atoms with van der Waals surface area (Å²) in [4.78, 5) is 23.6. The largest absolute Gasteiger partial charge is 0.456 e. The van der Waals surface area contributed by atoms with Crippen LogP contribution in [-0.2, 0) is 9.53 Å². The maximum absolute atomic E-state index is 14.5. The lowest BCUT2D eigenvalue weighted by Crippen LogP contribution is -2.33. The van der Waals surface area contributed by atoms with Crippen molar-refractivity contribution >= 4 is 23.4 Å². The number of benzene rings is 2. The summed E-state index contributed by atoms with van der Waals surface area (Å²) in [6.07, 6.45) is -2.32. The summed E-state index contributed by atoms with van der Waals surface area (Å²) >= 11 is 5.78. The molecule has 2 N–H and O–H groups in total. The molecule has 0 heterocycles. The molecule has 0 aliphatic rings. The number of hydrogen-bond acceptors (Lipinski definition) is 4. The van der Waals surface area contributed by atoms with E-state index in [-0.39, 0.29) is 5.56 Å². The van der Waals surface area contributed by atoms with E-state index in [2.05, 4.69) is 0 Å². The predicted molar refractivity (Wildman–Crippen MR) is 89.7 cm³/mol. The zero-order chi connectivity index (χ0) is 18.4. The van der Waals surface area contributed by atoms with Gasteiger partial charge < -0.3 is 10.5 Å². The molecule has 1 unspecified atom stereocenters. The standard InChI is InChI=1S/C18H16ClF2NO3/c19-14-8-6-12(7-9-14)15(25-16(23)11-22)10-18(20,21)17(24)13-4-2-1-3-5-13/h1-9,15H,10-11,22H2. The Morgan fingerprint density at radius 3 is 2.24 bits per heavy atom. The Labute approximate surface area is 148 Å². The van der Waals surface area contributed by atoms with E-state index >= 15 is 0 Å². The fourth-order valence-corrected chi connectivity index (χ4v) is 2.36. The van der Waals surface area contributed by atoms with Crippen LogP contribution in [-0.4, -0.2) is 24.2 Å². The molecule has 7 heteroatoms. The molecule has 0 bridgehead atoms. The lowest BCUT2D eigenvalue weighted by molar-refractivity contribution is -0.151. The summed E-state index contributed by atoms with van der Waals surface area (Å²) in [5, 5.41) is 0.403. The Bertz CT molecular complexity index is 736. The predicted octanol–water partition coefficient (Wildman–Crippen LogP) is 3.79. The second-order valence-electron chi connectivity index (χ2n) is 5.34. The smallest absolute Gasteiger partial charge is 0.320 e. The molecule has 1 atom stereocenters. The van der Waals surface area contributed by atoms with Crippen molar-refractivity contribution < 1.29 is 23.1 Å². The van der Waals surface area contributed by atoms with Gasteiger partial charge in [-0.05, 0) is 17.7 Å². The van der Waals surface area contributed by atoms with Crippen molar-refractivity contribution in [2.24, 2.45) is 5.73 Å². The average molecular weight is 368 g/mol. The molecule has 0 aliphatic heterocycles. The summed E-state index contributed by atoms with van der Waals surface area (Å²) < 4.78 is 34.0. The fraction of sp³-hybridized carbons (Fsp3) is 0.222. The zero-order valence-corrected chi connectivity index (χ0v) is 13.9. The van der Waals surface area contributed by atoms with Crippen LogP contribution in [0.5, 0.6) is 0 Å². The number of halogens is 3. The highest BCUT2D eigenvalue weighted by Crippen LogP contribution is 2.34. The van der Waals surface area contributed by atoms with E-state index < -0.39 is 36.7 Å². The molecule has 4 nitrogen and oxygen atoms in total. The molecule has 2 rings (SSSR count). The third kappa shape index (κ3) is 5.08. The van der Waals surface area contributed by atoms with Crippen LogP contribution < -0.4 is 5.73 Å². The van der Waals surface area contributed by atoms with Gasteiger partial charge in [-0.1, -0.05) is 54.1 Å².